The number of carbonyl (C=O) groups is 2. The van der Waals surface area contributed by atoms with Gasteiger partial charge in [0.05, 0.1) is 6.10 Å². The highest BCUT2D eigenvalue weighted by Crippen LogP contribution is 2.26. The zero-order chi connectivity index (χ0) is 16.4. The van der Waals surface area contributed by atoms with Gasteiger partial charge in [-0.15, -0.1) is 0 Å². The van der Waals surface area contributed by atoms with Crippen LogP contribution in [0.4, 0.5) is 16.2 Å². The van der Waals surface area contributed by atoms with Crippen LogP contribution in [-0.4, -0.2) is 54.0 Å². The minimum atomic E-state index is -1.17. The average Bonchev–Trinajstić information content (AvgIpc) is 2.96. The van der Waals surface area contributed by atoms with Gasteiger partial charge >= 0.3 is 6.09 Å². The van der Waals surface area contributed by atoms with E-state index in [9.17, 15) is 14.7 Å². The van der Waals surface area contributed by atoms with Crippen LogP contribution in [0.5, 0.6) is 0 Å². The van der Waals surface area contributed by atoms with E-state index in [2.05, 4.69) is 10.2 Å². The van der Waals surface area contributed by atoms with Crippen molar-refractivity contribution in [1.29, 1.82) is 0 Å². The Morgan fingerprint density at radius 1 is 1.13 bits per heavy atom. The Morgan fingerprint density at radius 3 is 2.43 bits per heavy atom. The summed E-state index contributed by atoms with van der Waals surface area (Å²) >= 11 is 0. The first-order chi connectivity index (χ1) is 11.0. The zero-order valence-corrected chi connectivity index (χ0v) is 12.8. The van der Waals surface area contributed by atoms with Crippen LogP contribution in [0.1, 0.15) is 19.3 Å². The molecule has 1 aromatic rings. The van der Waals surface area contributed by atoms with Gasteiger partial charge in [-0.3, -0.25) is 4.79 Å². The number of aliphatic hydroxyl groups excluding tert-OH is 1. The van der Waals surface area contributed by atoms with Gasteiger partial charge in [0.1, 0.15) is 6.04 Å². The van der Waals surface area contributed by atoms with Gasteiger partial charge in [0, 0.05) is 31.0 Å². The number of aliphatic hydroxyl groups is 1. The highest BCUT2D eigenvalue weighted by molar-refractivity contribution is 5.99. The molecule has 2 aliphatic rings. The Balaban J connectivity index is 1.71. The van der Waals surface area contributed by atoms with E-state index in [1.165, 1.54) is 0 Å². The predicted octanol–water partition coefficient (Wildman–Crippen LogP) is 1.02. The van der Waals surface area contributed by atoms with E-state index in [0.717, 1.165) is 30.8 Å². The number of carboxylic acid groups (broad SMARTS) is 1. The van der Waals surface area contributed by atoms with E-state index < -0.39 is 12.1 Å². The molecule has 0 spiro atoms. The molecule has 2 fully saturated rings. The average molecular weight is 319 g/mol. The summed E-state index contributed by atoms with van der Waals surface area (Å²) in [6.07, 6.45) is 0.617. The molecule has 1 unspecified atom stereocenters. The van der Waals surface area contributed by atoms with E-state index >= 15 is 0 Å². The van der Waals surface area contributed by atoms with Crippen LogP contribution in [0.3, 0.4) is 0 Å². The smallest absolute Gasteiger partial charge is 0.405 e. The highest BCUT2D eigenvalue weighted by atomic mass is 16.4. The maximum Gasteiger partial charge on any atom is 0.405 e. The SMILES string of the molecule is O=C(O)NC1CCCN(c2ccc(N3CC[C@@H](O)C3)cc2)C1=O. The van der Waals surface area contributed by atoms with Crippen LogP contribution < -0.4 is 15.1 Å². The van der Waals surface area contributed by atoms with Crippen molar-refractivity contribution in [3.63, 3.8) is 0 Å². The third kappa shape index (κ3) is 3.39. The van der Waals surface area contributed by atoms with Crippen molar-refractivity contribution >= 4 is 23.4 Å². The van der Waals surface area contributed by atoms with E-state index in [4.69, 9.17) is 5.11 Å². The quantitative estimate of drug-likeness (QED) is 0.773. The fourth-order valence-electron chi connectivity index (χ4n) is 3.23. The fraction of sp³-hybridized carbons (Fsp3) is 0.500. The molecule has 2 aliphatic heterocycles. The summed E-state index contributed by atoms with van der Waals surface area (Å²) in [6.45, 7) is 2.05. The van der Waals surface area contributed by atoms with Crippen molar-refractivity contribution in [3.8, 4) is 0 Å². The van der Waals surface area contributed by atoms with Crippen LogP contribution in [0.2, 0.25) is 0 Å². The molecule has 23 heavy (non-hydrogen) atoms. The van der Waals surface area contributed by atoms with Gasteiger partial charge in [0.2, 0.25) is 5.91 Å². The van der Waals surface area contributed by atoms with Crippen LogP contribution in [0.15, 0.2) is 24.3 Å². The van der Waals surface area contributed by atoms with Crippen molar-refractivity contribution in [2.75, 3.05) is 29.4 Å². The highest BCUT2D eigenvalue weighted by Gasteiger charge is 2.30. The third-order valence-corrected chi connectivity index (χ3v) is 4.43. The summed E-state index contributed by atoms with van der Waals surface area (Å²) in [5.74, 6) is -0.206. The second-order valence-corrected chi connectivity index (χ2v) is 6.04. The second-order valence-electron chi connectivity index (χ2n) is 6.04. The molecular formula is C16H21N3O4. The summed E-state index contributed by atoms with van der Waals surface area (Å²) < 4.78 is 0. The number of anilines is 2. The lowest BCUT2D eigenvalue weighted by Gasteiger charge is -2.32. The first kappa shape index (κ1) is 15.6. The first-order valence-corrected chi connectivity index (χ1v) is 7.88. The van der Waals surface area contributed by atoms with Crippen LogP contribution in [0.25, 0.3) is 0 Å². The molecule has 0 aromatic heterocycles. The number of rotatable bonds is 3. The molecule has 0 radical (unpaired) electrons. The summed E-state index contributed by atoms with van der Waals surface area (Å²) in [4.78, 5) is 26.9. The number of hydrogen-bond acceptors (Lipinski definition) is 4. The number of hydrogen-bond donors (Lipinski definition) is 3. The van der Waals surface area contributed by atoms with Gasteiger partial charge in [0.15, 0.2) is 0 Å². The molecule has 0 bridgehead atoms. The number of carbonyl (C=O) groups excluding carboxylic acids is 1. The number of nitrogens with one attached hydrogen (secondary N) is 1. The van der Waals surface area contributed by atoms with Crippen LogP contribution >= 0.6 is 0 Å². The van der Waals surface area contributed by atoms with Gasteiger partial charge < -0.3 is 25.3 Å². The molecule has 3 rings (SSSR count). The minimum Gasteiger partial charge on any atom is -0.465 e. The molecule has 2 heterocycles. The minimum absolute atomic E-state index is 0.206. The van der Waals surface area contributed by atoms with Crippen molar-refractivity contribution in [3.05, 3.63) is 24.3 Å². The molecule has 2 amide bonds. The molecule has 2 saturated heterocycles. The van der Waals surface area contributed by atoms with Crippen molar-refractivity contribution in [2.24, 2.45) is 0 Å². The standard InChI is InChI=1S/C16H21N3O4/c20-13-7-9-18(10-13)11-3-5-12(6-4-11)19-8-1-2-14(15(19)21)17-16(22)23/h3-6,13-14,17,20H,1-2,7-10H2,(H,22,23)/t13-,14?/m1/s1. The van der Waals surface area contributed by atoms with E-state index in [0.29, 0.717) is 19.5 Å². The summed E-state index contributed by atoms with van der Waals surface area (Å²) in [5.41, 5.74) is 1.80. The lowest BCUT2D eigenvalue weighted by Crippen LogP contribution is -2.52. The Labute approximate surface area is 134 Å². The Kier molecular flexibility index (Phi) is 4.38. The number of amides is 2. The number of piperidine rings is 1. The molecule has 7 nitrogen and oxygen atoms in total. The van der Waals surface area contributed by atoms with E-state index in [1.54, 1.807) is 4.90 Å². The monoisotopic (exact) mass is 319 g/mol. The molecule has 3 N–H and O–H groups in total. The van der Waals surface area contributed by atoms with Gasteiger partial charge in [-0.2, -0.15) is 0 Å². The van der Waals surface area contributed by atoms with Gasteiger partial charge in [-0.1, -0.05) is 0 Å². The van der Waals surface area contributed by atoms with E-state index in [-0.39, 0.29) is 12.0 Å². The number of benzene rings is 1. The maximum atomic E-state index is 12.4. The van der Waals surface area contributed by atoms with Crippen LogP contribution in [-0.2, 0) is 4.79 Å². The summed E-state index contributed by atoms with van der Waals surface area (Å²) in [5, 5.41) is 20.7. The summed E-state index contributed by atoms with van der Waals surface area (Å²) in [6, 6.07) is 6.96. The van der Waals surface area contributed by atoms with Crippen molar-refractivity contribution in [2.45, 2.75) is 31.4 Å². The molecule has 2 atom stereocenters. The van der Waals surface area contributed by atoms with Gasteiger partial charge in [0.25, 0.3) is 0 Å². The van der Waals surface area contributed by atoms with Crippen LogP contribution in [0, 0.1) is 0 Å². The Bertz CT molecular complexity index is 589. The maximum absolute atomic E-state index is 12.4. The molecule has 1 aromatic carbocycles. The predicted molar refractivity (Wildman–Crippen MR) is 85.8 cm³/mol. The number of nitrogens with zero attached hydrogens (tertiary/aromatic N) is 2. The normalized spacial score (nSPS) is 24.8. The largest absolute Gasteiger partial charge is 0.465 e. The van der Waals surface area contributed by atoms with Crippen molar-refractivity contribution < 1.29 is 19.8 Å². The van der Waals surface area contributed by atoms with E-state index in [1.807, 2.05) is 24.3 Å². The zero-order valence-electron chi connectivity index (χ0n) is 12.8. The summed E-state index contributed by atoms with van der Waals surface area (Å²) in [7, 11) is 0. The topological polar surface area (TPSA) is 93.1 Å². The molecular weight excluding hydrogens is 298 g/mol. The molecule has 0 saturated carbocycles. The Hall–Kier alpha value is -2.28. The molecule has 0 aliphatic carbocycles. The Morgan fingerprint density at radius 2 is 1.83 bits per heavy atom. The lowest BCUT2D eigenvalue weighted by molar-refractivity contribution is -0.121. The second kappa shape index (κ2) is 6.45. The van der Waals surface area contributed by atoms with Crippen molar-refractivity contribution in [1.82, 2.24) is 5.32 Å². The molecule has 124 valence electrons. The van der Waals surface area contributed by atoms with Gasteiger partial charge in [-0.05, 0) is 43.5 Å². The number of β-amino-alcohol motifs (C(OH)–C–C–N with tert-alkyl or cyclic N) is 1. The third-order valence-electron chi connectivity index (χ3n) is 4.43. The van der Waals surface area contributed by atoms with Gasteiger partial charge in [-0.25, -0.2) is 4.79 Å². The fourth-order valence-corrected chi connectivity index (χ4v) is 3.23. The molecule has 7 heteroatoms. The first-order valence-electron chi connectivity index (χ1n) is 7.88. The lowest BCUT2D eigenvalue weighted by atomic mass is 10.0.